The van der Waals surface area contributed by atoms with E-state index in [1.54, 1.807) is 4.90 Å². The molecule has 32 heavy (non-hydrogen) atoms. The lowest BCUT2D eigenvalue weighted by atomic mass is 10.1. The summed E-state index contributed by atoms with van der Waals surface area (Å²) in [7, 11) is -0.887. The van der Waals surface area contributed by atoms with Crippen molar-refractivity contribution >= 4 is 14.2 Å². The third kappa shape index (κ3) is 4.92. The van der Waals surface area contributed by atoms with Crippen LogP contribution in [0.3, 0.4) is 0 Å². The van der Waals surface area contributed by atoms with Gasteiger partial charge in [-0.2, -0.15) is 0 Å². The molecule has 1 fully saturated rings. The Labute approximate surface area is 191 Å². The van der Waals surface area contributed by atoms with Crippen molar-refractivity contribution in [3.05, 3.63) is 40.0 Å². The van der Waals surface area contributed by atoms with Crippen molar-refractivity contribution in [3.63, 3.8) is 0 Å². The molecule has 1 saturated heterocycles. The van der Waals surface area contributed by atoms with Gasteiger partial charge in [0.15, 0.2) is 5.75 Å². The van der Waals surface area contributed by atoms with E-state index >= 15 is 0 Å². The predicted molar refractivity (Wildman–Crippen MR) is 127 cm³/mol. The Morgan fingerprint density at radius 3 is 2.09 bits per heavy atom. The minimum atomic E-state index is -2.38. The molecule has 1 aliphatic heterocycles. The number of hydrogen-bond acceptors (Lipinski definition) is 6. The Morgan fingerprint density at radius 2 is 1.69 bits per heavy atom. The number of ether oxygens (including phenoxy) is 1. The summed E-state index contributed by atoms with van der Waals surface area (Å²) in [5, 5.41) is 10.3. The van der Waals surface area contributed by atoms with Crippen LogP contribution in [0, 0.1) is 10.1 Å². The highest BCUT2D eigenvalue weighted by atomic mass is 28.4. The lowest BCUT2D eigenvalue weighted by Gasteiger charge is -2.42. The van der Waals surface area contributed by atoms with Crippen LogP contribution < -0.4 is 14.0 Å². The second kappa shape index (κ2) is 9.93. The average molecular weight is 465 g/mol. The standard InChI is InChI=1S/C23H36N2O6Si/c1-14(2)32(15(3)4,16(5)6)31-22-12-20(30-25(27)28)19(11-21(22)29-9)23(26)24-13-17(7)10-18(24)8/h11-12,14-16,18H,7,10,13H2,1-6,8-9H3/t18-/m1/s1. The highest BCUT2D eigenvalue weighted by Crippen LogP contribution is 2.46. The molecule has 0 saturated carbocycles. The van der Waals surface area contributed by atoms with Crippen LogP contribution in [-0.2, 0) is 0 Å². The van der Waals surface area contributed by atoms with E-state index in [1.165, 1.54) is 19.2 Å². The van der Waals surface area contributed by atoms with Gasteiger partial charge in [0.2, 0.25) is 0 Å². The molecule has 0 bridgehead atoms. The second-order valence-corrected chi connectivity index (χ2v) is 14.8. The number of rotatable bonds is 9. The zero-order valence-electron chi connectivity index (χ0n) is 20.4. The average Bonchev–Trinajstić information content (AvgIpc) is 3.02. The van der Waals surface area contributed by atoms with E-state index in [2.05, 4.69) is 48.1 Å². The predicted octanol–water partition coefficient (Wildman–Crippen LogP) is 5.61. The zero-order valence-corrected chi connectivity index (χ0v) is 21.4. The number of hydrogen-bond donors (Lipinski definition) is 0. The lowest BCUT2D eigenvalue weighted by Crippen LogP contribution is -2.50. The molecule has 178 valence electrons. The minimum absolute atomic E-state index is 0.0525. The van der Waals surface area contributed by atoms with Crippen LogP contribution >= 0.6 is 0 Å². The van der Waals surface area contributed by atoms with E-state index in [1.807, 2.05) is 6.92 Å². The van der Waals surface area contributed by atoms with E-state index in [-0.39, 0.29) is 39.9 Å². The van der Waals surface area contributed by atoms with Crippen LogP contribution in [0.5, 0.6) is 17.2 Å². The van der Waals surface area contributed by atoms with E-state index in [0.29, 0.717) is 24.5 Å². The fraction of sp³-hybridized carbons (Fsp3) is 0.609. The molecule has 1 heterocycles. The number of carbonyl (C=O) groups excluding carboxylic acids is 1. The Kier molecular flexibility index (Phi) is 7.98. The Balaban J connectivity index is 2.62. The van der Waals surface area contributed by atoms with Crippen molar-refractivity contribution in [2.75, 3.05) is 13.7 Å². The summed E-state index contributed by atoms with van der Waals surface area (Å²) in [4.78, 5) is 31.0. The number of likely N-dealkylation sites (tertiary alicyclic amines) is 1. The van der Waals surface area contributed by atoms with Gasteiger partial charge in [0.25, 0.3) is 19.3 Å². The van der Waals surface area contributed by atoms with Gasteiger partial charge < -0.3 is 14.1 Å². The minimum Gasteiger partial charge on any atom is -0.540 e. The van der Waals surface area contributed by atoms with Crippen molar-refractivity contribution in [2.24, 2.45) is 0 Å². The molecular formula is C23H36N2O6Si. The fourth-order valence-electron chi connectivity index (χ4n) is 5.06. The van der Waals surface area contributed by atoms with Gasteiger partial charge in [-0.15, -0.1) is 10.1 Å². The van der Waals surface area contributed by atoms with Crippen LogP contribution in [0.4, 0.5) is 0 Å². The molecule has 0 spiro atoms. The van der Waals surface area contributed by atoms with Crippen LogP contribution in [-0.4, -0.2) is 43.9 Å². The molecule has 9 heteroatoms. The van der Waals surface area contributed by atoms with Crippen LogP contribution in [0.15, 0.2) is 24.3 Å². The zero-order chi connectivity index (χ0) is 24.4. The molecule has 0 N–H and O–H groups in total. The smallest absolute Gasteiger partial charge is 0.299 e. The third-order valence-corrected chi connectivity index (χ3v) is 12.4. The first-order chi connectivity index (χ1) is 14.8. The van der Waals surface area contributed by atoms with Gasteiger partial charge in [-0.05, 0) is 36.0 Å². The van der Waals surface area contributed by atoms with Crippen LogP contribution in [0.1, 0.15) is 65.2 Å². The largest absolute Gasteiger partial charge is 0.540 e. The molecule has 8 nitrogen and oxygen atoms in total. The van der Waals surface area contributed by atoms with Gasteiger partial charge in [0, 0.05) is 18.7 Å². The quantitative estimate of drug-likeness (QED) is 0.204. The molecule has 1 atom stereocenters. The molecule has 0 aromatic heterocycles. The van der Waals surface area contributed by atoms with E-state index < -0.39 is 13.4 Å². The number of amides is 1. The summed E-state index contributed by atoms with van der Waals surface area (Å²) in [5.41, 5.74) is 1.86. The Bertz CT molecular complexity index is 862. The third-order valence-electron chi connectivity index (χ3n) is 6.43. The molecular weight excluding hydrogens is 428 g/mol. The van der Waals surface area contributed by atoms with E-state index in [0.717, 1.165) is 5.57 Å². The molecule has 1 amide bonds. The second-order valence-electron chi connectivity index (χ2n) is 9.47. The summed E-state index contributed by atoms with van der Waals surface area (Å²) in [6, 6.07) is 2.87. The first kappa shape index (κ1) is 25.7. The number of carbonyl (C=O) groups is 1. The normalized spacial score (nSPS) is 16.8. The van der Waals surface area contributed by atoms with Crippen molar-refractivity contribution < 1.29 is 23.9 Å². The monoisotopic (exact) mass is 464 g/mol. The van der Waals surface area contributed by atoms with Gasteiger partial charge in [-0.3, -0.25) is 9.63 Å². The maximum Gasteiger partial charge on any atom is 0.299 e. The molecule has 0 radical (unpaired) electrons. The van der Waals surface area contributed by atoms with Gasteiger partial charge in [0.1, 0.15) is 11.5 Å². The number of benzene rings is 1. The van der Waals surface area contributed by atoms with Gasteiger partial charge in [-0.25, -0.2) is 0 Å². The Morgan fingerprint density at radius 1 is 1.12 bits per heavy atom. The lowest BCUT2D eigenvalue weighted by molar-refractivity contribution is -0.711. The molecule has 1 aliphatic rings. The first-order valence-corrected chi connectivity index (χ1v) is 13.2. The van der Waals surface area contributed by atoms with Crippen LogP contribution in [0.25, 0.3) is 0 Å². The summed E-state index contributed by atoms with van der Waals surface area (Å²) in [5.74, 6) is 0.203. The van der Waals surface area contributed by atoms with Gasteiger partial charge in [-0.1, -0.05) is 53.7 Å². The highest BCUT2D eigenvalue weighted by molar-refractivity contribution is 6.78. The van der Waals surface area contributed by atoms with Gasteiger partial charge in [0.05, 0.1) is 12.7 Å². The van der Waals surface area contributed by atoms with Crippen molar-refractivity contribution in [2.45, 2.75) is 77.6 Å². The molecule has 0 aliphatic carbocycles. The topological polar surface area (TPSA) is 91.1 Å². The van der Waals surface area contributed by atoms with Gasteiger partial charge >= 0.3 is 0 Å². The summed E-state index contributed by atoms with van der Waals surface area (Å²) in [6.45, 7) is 19.2. The maximum absolute atomic E-state index is 13.3. The van der Waals surface area contributed by atoms with Crippen LogP contribution in [0.2, 0.25) is 16.6 Å². The summed E-state index contributed by atoms with van der Waals surface area (Å²) < 4.78 is 12.3. The fourth-order valence-corrected chi connectivity index (χ4v) is 10.3. The van der Waals surface area contributed by atoms with E-state index in [9.17, 15) is 14.9 Å². The summed E-state index contributed by atoms with van der Waals surface area (Å²) in [6.07, 6.45) is 0.695. The van der Waals surface area contributed by atoms with Crippen molar-refractivity contribution in [1.29, 1.82) is 0 Å². The summed E-state index contributed by atoms with van der Waals surface area (Å²) >= 11 is 0. The first-order valence-electron chi connectivity index (χ1n) is 11.1. The maximum atomic E-state index is 13.3. The van der Waals surface area contributed by atoms with Crippen molar-refractivity contribution in [3.8, 4) is 17.2 Å². The number of nitrogens with zero attached hydrogens (tertiary/aromatic N) is 2. The molecule has 1 aromatic carbocycles. The SMILES string of the molecule is C=C1C[C@@H](C)N(C(=O)c2cc(OC)c(O[Si](C(C)C)(C(C)C)C(C)C)cc2O[N+](=O)[O-])C1. The van der Waals surface area contributed by atoms with Crippen molar-refractivity contribution in [1.82, 2.24) is 4.90 Å². The number of methoxy groups -OCH3 is 1. The van der Waals surface area contributed by atoms with E-state index in [4.69, 9.17) is 14.0 Å². The molecule has 1 aromatic rings. The highest BCUT2D eigenvalue weighted by Gasteiger charge is 2.47. The molecule has 0 unspecified atom stereocenters. The molecule has 2 rings (SSSR count). The Hall–Kier alpha value is -2.55.